The third kappa shape index (κ3) is 7.56. The standard InChI is InChI=1S/C45H74O17/c1-19-8-13-45(55-18-19)20(2)30-27(62-45)15-26-24-7-6-22-14-23(9-11-43(22,4)25(24)10-12-44(26,30)5)57-42-39(61-41-36(53)34(51)32(49)28(16-46)58-41)37(54)38(29(17-47)59-42)60-40-35(52)33(50)31(48)21(3)56-40/h19-42,46-54H,6-18H2,1-5H3/t19-,20+,21+,22-,23+,24-,25+,26+,27+,28-,29-,30+,31+,32+,33-,34+,35-,36-,37+,38-,39-,40+,41+,42-,43+,44+,45-/m1/s1. The molecule has 4 saturated carbocycles. The normalized spacial score (nSPS) is 58.9. The van der Waals surface area contributed by atoms with Gasteiger partial charge < -0.3 is 83.9 Å². The van der Waals surface area contributed by atoms with Crippen LogP contribution < -0.4 is 0 Å². The van der Waals surface area contributed by atoms with Gasteiger partial charge in [-0.2, -0.15) is 0 Å². The van der Waals surface area contributed by atoms with Crippen LogP contribution in [0.15, 0.2) is 0 Å². The zero-order valence-corrected chi connectivity index (χ0v) is 36.8. The Morgan fingerprint density at radius 1 is 0.581 bits per heavy atom. The summed E-state index contributed by atoms with van der Waals surface area (Å²) >= 11 is 0. The van der Waals surface area contributed by atoms with Crippen molar-refractivity contribution in [3.05, 3.63) is 0 Å². The quantitative estimate of drug-likeness (QED) is 0.149. The van der Waals surface area contributed by atoms with E-state index < -0.39 is 111 Å². The molecule has 0 aromatic rings. The number of ether oxygens (including phenoxy) is 8. The molecule has 9 rings (SSSR count). The van der Waals surface area contributed by atoms with E-state index in [-0.39, 0.29) is 23.0 Å². The highest BCUT2D eigenvalue weighted by Gasteiger charge is 2.69. The van der Waals surface area contributed by atoms with Gasteiger partial charge in [0, 0.05) is 12.3 Å². The second-order valence-electron chi connectivity index (χ2n) is 21.5. The Kier molecular flexibility index (Phi) is 13.1. The molecule has 9 aliphatic rings. The molecule has 4 aliphatic carbocycles. The van der Waals surface area contributed by atoms with Crippen molar-refractivity contribution in [2.45, 2.75) is 209 Å². The summed E-state index contributed by atoms with van der Waals surface area (Å²) < 4.78 is 50.0. The van der Waals surface area contributed by atoms with Crippen molar-refractivity contribution in [2.24, 2.45) is 52.3 Å². The maximum absolute atomic E-state index is 12.0. The second-order valence-corrected chi connectivity index (χ2v) is 21.5. The van der Waals surface area contributed by atoms with Crippen LogP contribution in [-0.2, 0) is 37.9 Å². The van der Waals surface area contributed by atoms with E-state index in [1.54, 1.807) is 0 Å². The number of fused-ring (bicyclic) bond motifs is 7. The van der Waals surface area contributed by atoms with Gasteiger partial charge in [-0.1, -0.05) is 27.7 Å². The second kappa shape index (κ2) is 17.4. The van der Waals surface area contributed by atoms with Crippen molar-refractivity contribution >= 4 is 0 Å². The maximum Gasteiger partial charge on any atom is 0.187 e. The molecule has 0 amide bonds. The van der Waals surface area contributed by atoms with Gasteiger partial charge in [-0.05, 0) is 111 Å². The molecule has 5 aliphatic heterocycles. The molecule has 0 bridgehead atoms. The summed E-state index contributed by atoms with van der Waals surface area (Å²) in [6, 6.07) is 0. The molecule has 0 radical (unpaired) electrons. The molecule has 17 heteroatoms. The van der Waals surface area contributed by atoms with Gasteiger partial charge >= 0.3 is 0 Å². The third-order valence-electron chi connectivity index (χ3n) is 18.2. The van der Waals surface area contributed by atoms with Crippen molar-refractivity contribution < 1.29 is 83.9 Å². The van der Waals surface area contributed by atoms with E-state index in [9.17, 15) is 46.0 Å². The third-order valence-corrected chi connectivity index (χ3v) is 18.2. The van der Waals surface area contributed by atoms with Crippen molar-refractivity contribution in [3.63, 3.8) is 0 Å². The molecule has 1 spiro atoms. The molecule has 9 fully saturated rings. The van der Waals surface area contributed by atoms with Crippen LogP contribution in [-0.4, -0.2) is 176 Å². The molecule has 5 heterocycles. The lowest BCUT2D eigenvalue weighted by molar-refractivity contribution is -0.391. The van der Waals surface area contributed by atoms with E-state index >= 15 is 0 Å². The summed E-state index contributed by atoms with van der Waals surface area (Å²) in [5, 5.41) is 95.9. The summed E-state index contributed by atoms with van der Waals surface area (Å²) in [4.78, 5) is 0. The van der Waals surface area contributed by atoms with Gasteiger partial charge in [-0.25, -0.2) is 0 Å². The van der Waals surface area contributed by atoms with E-state index in [4.69, 9.17) is 37.9 Å². The fraction of sp³-hybridized carbons (Fsp3) is 1.00. The van der Waals surface area contributed by atoms with Gasteiger partial charge in [0.15, 0.2) is 24.7 Å². The SMILES string of the molecule is C[C@@H]1CC[C@@]2(OC1)O[C@H]1C[C@H]3[C@@H]4CC[C@@H]5C[C@@H](O[C@@H]6O[C@H](CO)[C@@H](O[C@@H]7O[C@@H](C)[C@H](O)[C@@H](O)[C@H]7O)[C@H](O)[C@H]6O[C@@H]6O[C@H](CO)[C@H](O)[C@H](O)[C@H]6O)CC[C@]5(C)[C@H]4CC[C@]3(C)[C@H]1[C@@H]2C. The Labute approximate surface area is 364 Å². The fourth-order valence-electron chi connectivity index (χ4n) is 14.6. The molecule has 5 saturated heterocycles. The number of rotatable bonds is 8. The predicted molar refractivity (Wildman–Crippen MR) is 214 cm³/mol. The van der Waals surface area contributed by atoms with Crippen molar-refractivity contribution in [3.8, 4) is 0 Å². The van der Waals surface area contributed by atoms with Gasteiger partial charge in [-0.3, -0.25) is 0 Å². The van der Waals surface area contributed by atoms with E-state index in [0.717, 1.165) is 51.6 Å². The molecule has 0 aromatic carbocycles. The largest absolute Gasteiger partial charge is 0.394 e. The van der Waals surface area contributed by atoms with Crippen LogP contribution in [0.5, 0.6) is 0 Å². The Balaban J connectivity index is 0.902. The lowest BCUT2D eigenvalue weighted by atomic mass is 9.44. The highest BCUT2D eigenvalue weighted by Crippen LogP contribution is 2.71. The minimum Gasteiger partial charge on any atom is -0.394 e. The molecule has 356 valence electrons. The molecule has 62 heavy (non-hydrogen) atoms. The van der Waals surface area contributed by atoms with Crippen molar-refractivity contribution in [1.29, 1.82) is 0 Å². The average molecular weight is 887 g/mol. The van der Waals surface area contributed by atoms with Gasteiger partial charge in [-0.15, -0.1) is 0 Å². The lowest BCUT2D eigenvalue weighted by Gasteiger charge is -2.61. The lowest BCUT2D eigenvalue weighted by Crippen LogP contribution is -2.67. The first-order valence-electron chi connectivity index (χ1n) is 23.7. The summed E-state index contributed by atoms with van der Waals surface area (Å²) in [6.07, 6.45) is -12.7. The van der Waals surface area contributed by atoms with Gasteiger partial charge in [0.05, 0.1) is 38.1 Å². The molecule has 0 unspecified atom stereocenters. The van der Waals surface area contributed by atoms with E-state index in [1.165, 1.54) is 19.8 Å². The monoisotopic (exact) mass is 886 g/mol. The van der Waals surface area contributed by atoms with Crippen LogP contribution in [0, 0.1) is 52.3 Å². The Bertz CT molecular complexity index is 1550. The molecular formula is C45H74O17. The van der Waals surface area contributed by atoms with Gasteiger partial charge in [0.2, 0.25) is 0 Å². The molecule has 17 nitrogen and oxygen atoms in total. The molecule has 9 N–H and O–H groups in total. The van der Waals surface area contributed by atoms with Crippen LogP contribution in [0.1, 0.15) is 98.8 Å². The fourth-order valence-corrected chi connectivity index (χ4v) is 14.6. The smallest absolute Gasteiger partial charge is 0.187 e. The van der Waals surface area contributed by atoms with Crippen LogP contribution in [0.25, 0.3) is 0 Å². The molecular weight excluding hydrogens is 812 g/mol. The summed E-state index contributed by atoms with van der Waals surface area (Å²) in [6.45, 7) is 10.6. The van der Waals surface area contributed by atoms with E-state index in [1.807, 2.05) is 0 Å². The minimum atomic E-state index is -1.81. The first-order chi connectivity index (χ1) is 29.4. The zero-order valence-electron chi connectivity index (χ0n) is 36.8. The highest BCUT2D eigenvalue weighted by atomic mass is 16.8. The van der Waals surface area contributed by atoms with E-state index in [2.05, 4.69) is 27.7 Å². The maximum atomic E-state index is 12.0. The highest BCUT2D eigenvalue weighted by molar-refractivity contribution is 5.15. The number of hydrogen-bond donors (Lipinski definition) is 9. The topological polar surface area (TPSA) is 256 Å². The van der Waals surface area contributed by atoms with Crippen LogP contribution in [0.3, 0.4) is 0 Å². The first kappa shape index (κ1) is 46.4. The number of hydrogen-bond acceptors (Lipinski definition) is 17. The van der Waals surface area contributed by atoms with Crippen LogP contribution in [0.2, 0.25) is 0 Å². The predicted octanol–water partition coefficient (Wildman–Crippen LogP) is 0.294. The Hall–Kier alpha value is -0.680. The van der Waals surface area contributed by atoms with Crippen LogP contribution >= 0.6 is 0 Å². The Morgan fingerprint density at radius 3 is 1.94 bits per heavy atom. The molecule has 0 aromatic heterocycles. The van der Waals surface area contributed by atoms with Crippen molar-refractivity contribution in [2.75, 3.05) is 19.8 Å². The summed E-state index contributed by atoms with van der Waals surface area (Å²) in [5.74, 6) is 3.15. The number of aliphatic hydroxyl groups is 9. The van der Waals surface area contributed by atoms with Crippen molar-refractivity contribution in [1.82, 2.24) is 0 Å². The number of aliphatic hydroxyl groups excluding tert-OH is 9. The minimum absolute atomic E-state index is 0.0972. The van der Waals surface area contributed by atoms with Gasteiger partial charge in [0.25, 0.3) is 0 Å². The van der Waals surface area contributed by atoms with Crippen LogP contribution in [0.4, 0.5) is 0 Å². The Morgan fingerprint density at radius 2 is 1.24 bits per heavy atom. The zero-order chi connectivity index (χ0) is 44.2. The molecule has 27 atom stereocenters. The summed E-state index contributed by atoms with van der Waals surface area (Å²) in [7, 11) is 0. The first-order valence-corrected chi connectivity index (χ1v) is 23.7. The average Bonchev–Trinajstić information content (AvgIpc) is 3.70. The van der Waals surface area contributed by atoms with Gasteiger partial charge in [0.1, 0.15) is 67.1 Å². The van der Waals surface area contributed by atoms with E-state index in [0.29, 0.717) is 47.8 Å². The summed E-state index contributed by atoms with van der Waals surface area (Å²) in [5.41, 5.74) is 0.311.